The van der Waals surface area contributed by atoms with Gasteiger partial charge in [0, 0.05) is 30.0 Å². The van der Waals surface area contributed by atoms with Crippen LogP contribution in [0, 0.1) is 10.1 Å². The van der Waals surface area contributed by atoms with Crippen LogP contribution in [0.25, 0.3) is 0 Å². The van der Waals surface area contributed by atoms with Crippen molar-refractivity contribution in [1.29, 1.82) is 0 Å². The Kier molecular flexibility index (Phi) is 7.98. The smallest absolute Gasteiger partial charge is 0.350 e. The average Bonchev–Trinajstić information content (AvgIpc) is 2.77. The Hall–Kier alpha value is -3.59. The van der Waals surface area contributed by atoms with Crippen molar-refractivity contribution in [1.82, 2.24) is 0 Å². The molecular formula is C22H23NO8. The first-order valence-corrected chi connectivity index (χ1v) is 9.65. The second-order valence-electron chi connectivity index (χ2n) is 6.61. The zero-order valence-corrected chi connectivity index (χ0v) is 17.1. The number of esters is 2. The maximum Gasteiger partial charge on any atom is 0.350 e. The van der Waals surface area contributed by atoms with E-state index in [1.165, 1.54) is 32.0 Å². The SMILES string of the molecule is CCOC(=O)C(O)(C(=O)OCC)C(CC(=O)c1ccccc1)c1cccc([N+](=O)[O-])c1. The molecule has 9 heteroatoms. The van der Waals surface area contributed by atoms with E-state index in [0.29, 0.717) is 0 Å². The molecule has 0 amide bonds. The molecule has 0 aliphatic rings. The van der Waals surface area contributed by atoms with Crippen molar-refractivity contribution >= 4 is 23.4 Å². The van der Waals surface area contributed by atoms with Crippen molar-refractivity contribution in [2.24, 2.45) is 0 Å². The van der Waals surface area contributed by atoms with Gasteiger partial charge >= 0.3 is 11.9 Å². The van der Waals surface area contributed by atoms with Crippen molar-refractivity contribution in [3.05, 3.63) is 75.8 Å². The summed E-state index contributed by atoms with van der Waals surface area (Å²) in [7, 11) is 0. The first-order valence-electron chi connectivity index (χ1n) is 9.65. The Balaban J connectivity index is 2.63. The molecule has 9 nitrogen and oxygen atoms in total. The molecule has 31 heavy (non-hydrogen) atoms. The predicted octanol–water partition coefficient (Wildman–Crippen LogP) is 2.81. The number of aliphatic hydroxyl groups is 1. The molecular weight excluding hydrogens is 406 g/mol. The molecule has 0 fully saturated rings. The molecule has 0 heterocycles. The van der Waals surface area contributed by atoms with Crippen molar-refractivity contribution < 1.29 is 33.9 Å². The molecule has 1 N–H and O–H groups in total. The molecule has 164 valence electrons. The number of Topliss-reactive ketones (excluding diaryl/α,β-unsaturated/α-hetero) is 1. The van der Waals surface area contributed by atoms with Crippen LogP contribution in [0.2, 0.25) is 0 Å². The molecule has 0 bridgehead atoms. The molecule has 0 aliphatic carbocycles. The van der Waals surface area contributed by atoms with Gasteiger partial charge in [0.15, 0.2) is 5.78 Å². The third-order valence-corrected chi connectivity index (χ3v) is 4.65. The lowest BCUT2D eigenvalue weighted by Gasteiger charge is -2.31. The predicted molar refractivity (Wildman–Crippen MR) is 109 cm³/mol. The van der Waals surface area contributed by atoms with Gasteiger partial charge in [0.2, 0.25) is 0 Å². The quantitative estimate of drug-likeness (QED) is 0.200. The van der Waals surface area contributed by atoms with Crippen LogP contribution in [0.15, 0.2) is 54.6 Å². The number of benzene rings is 2. The van der Waals surface area contributed by atoms with Gasteiger partial charge in [0.1, 0.15) is 0 Å². The summed E-state index contributed by atoms with van der Waals surface area (Å²) in [5.41, 5.74) is -2.88. The maximum absolute atomic E-state index is 12.9. The number of hydrogen-bond acceptors (Lipinski definition) is 8. The van der Waals surface area contributed by atoms with Gasteiger partial charge in [0.25, 0.3) is 11.3 Å². The third-order valence-electron chi connectivity index (χ3n) is 4.65. The monoisotopic (exact) mass is 429 g/mol. The Morgan fingerprint density at radius 3 is 2.10 bits per heavy atom. The minimum absolute atomic E-state index is 0.0436. The van der Waals surface area contributed by atoms with Crippen LogP contribution in [-0.2, 0) is 19.1 Å². The van der Waals surface area contributed by atoms with E-state index in [1.54, 1.807) is 30.3 Å². The molecule has 1 unspecified atom stereocenters. The van der Waals surface area contributed by atoms with E-state index < -0.39 is 40.6 Å². The van der Waals surface area contributed by atoms with E-state index in [9.17, 15) is 29.6 Å². The van der Waals surface area contributed by atoms with E-state index in [4.69, 9.17) is 9.47 Å². The van der Waals surface area contributed by atoms with Gasteiger partial charge in [-0.2, -0.15) is 0 Å². The number of ether oxygens (including phenoxy) is 2. The van der Waals surface area contributed by atoms with Crippen molar-refractivity contribution in [2.45, 2.75) is 31.8 Å². The molecule has 0 aromatic heterocycles. The fraction of sp³-hybridized carbons (Fsp3) is 0.318. The van der Waals surface area contributed by atoms with E-state index in [-0.39, 0.29) is 30.0 Å². The summed E-state index contributed by atoms with van der Waals surface area (Å²) in [6, 6.07) is 13.1. The first-order chi connectivity index (χ1) is 14.7. The number of rotatable bonds is 10. The molecule has 2 aromatic carbocycles. The lowest BCUT2D eigenvalue weighted by molar-refractivity contribution is -0.385. The Morgan fingerprint density at radius 1 is 1.00 bits per heavy atom. The number of nitrogens with zero attached hydrogens (tertiary/aromatic N) is 1. The number of nitro groups is 1. The van der Waals surface area contributed by atoms with Crippen LogP contribution in [-0.4, -0.2) is 46.6 Å². The van der Waals surface area contributed by atoms with E-state index in [0.717, 1.165) is 6.07 Å². The fourth-order valence-electron chi connectivity index (χ4n) is 3.14. The van der Waals surface area contributed by atoms with Crippen LogP contribution in [0.1, 0.15) is 42.1 Å². The highest BCUT2D eigenvalue weighted by Crippen LogP contribution is 2.36. The molecule has 2 aromatic rings. The van der Waals surface area contributed by atoms with E-state index >= 15 is 0 Å². The molecule has 0 radical (unpaired) electrons. The Morgan fingerprint density at radius 2 is 1.58 bits per heavy atom. The number of carbonyl (C=O) groups is 3. The summed E-state index contributed by atoms with van der Waals surface area (Å²) >= 11 is 0. The molecule has 0 spiro atoms. The van der Waals surface area contributed by atoms with Crippen LogP contribution >= 0.6 is 0 Å². The topological polar surface area (TPSA) is 133 Å². The van der Waals surface area contributed by atoms with Gasteiger partial charge in [-0.3, -0.25) is 14.9 Å². The van der Waals surface area contributed by atoms with Crippen LogP contribution in [0.3, 0.4) is 0 Å². The Labute approximate surface area is 178 Å². The number of nitro benzene ring substituents is 1. The van der Waals surface area contributed by atoms with Crippen LogP contribution in [0.4, 0.5) is 5.69 Å². The number of hydrogen-bond donors (Lipinski definition) is 1. The molecule has 1 atom stereocenters. The molecule has 2 rings (SSSR count). The van der Waals surface area contributed by atoms with Crippen molar-refractivity contribution in [3.8, 4) is 0 Å². The van der Waals surface area contributed by atoms with E-state index in [2.05, 4.69) is 0 Å². The van der Waals surface area contributed by atoms with Crippen molar-refractivity contribution in [3.63, 3.8) is 0 Å². The van der Waals surface area contributed by atoms with Gasteiger partial charge < -0.3 is 14.6 Å². The summed E-state index contributed by atoms with van der Waals surface area (Å²) in [5.74, 6) is -4.57. The van der Waals surface area contributed by atoms with Gasteiger partial charge in [-0.1, -0.05) is 42.5 Å². The zero-order chi connectivity index (χ0) is 23.0. The minimum atomic E-state index is -2.88. The summed E-state index contributed by atoms with van der Waals surface area (Å²) < 4.78 is 9.81. The lowest BCUT2D eigenvalue weighted by atomic mass is 9.77. The average molecular weight is 429 g/mol. The maximum atomic E-state index is 12.9. The minimum Gasteiger partial charge on any atom is -0.463 e. The first kappa shape index (κ1) is 23.7. The summed E-state index contributed by atoms with van der Waals surface area (Å²) in [6.07, 6.45) is -0.501. The van der Waals surface area contributed by atoms with Crippen LogP contribution < -0.4 is 0 Å². The van der Waals surface area contributed by atoms with Gasteiger partial charge in [-0.25, -0.2) is 9.59 Å². The van der Waals surface area contributed by atoms with Gasteiger partial charge in [-0.05, 0) is 19.4 Å². The highest BCUT2D eigenvalue weighted by atomic mass is 16.6. The summed E-state index contributed by atoms with van der Waals surface area (Å²) in [6.45, 7) is 2.69. The normalized spacial score (nSPS) is 12.0. The third kappa shape index (κ3) is 5.32. The van der Waals surface area contributed by atoms with E-state index in [1.807, 2.05) is 0 Å². The second kappa shape index (κ2) is 10.4. The van der Waals surface area contributed by atoms with Gasteiger partial charge in [0.05, 0.1) is 18.1 Å². The lowest BCUT2D eigenvalue weighted by Crippen LogP contribution is -2.54. The molecule has 0 saturated carbocycles. The number of ketones is 1. The Bertz CT molecular complexity index is 939. The largest absolute Gasteiger partial charge is 0.463 e. The standard InChI is InChI=1S/C22H23NO8/c1-3-30-20(25)22(27,21(26)31-4-2)18(14-19(24)15-9-6-5-7-10-15)16-11-8-12-17(13-16)23(28)29/h5-13,18,27H,3-4,14H2,1-2H3. The fourth-order valence-corrected chi connectivity index (χ4v) is 3.14. The van der Waals surface area contributed by atoms with Crippen LogP contribution in [0.5, 0.6) is 0 Å². The molecule has 0 saturated heterocycles. The highest BCUT2D eigenvalue weighted by molar-refractivity contribution is 6.06. The summed E-state index contributed by atoms with van der Waals surface area (Å²) in [5, 5.41) is 22.5. The highest BCUT2D eigenvalue weighted by Gasteiger charge is 2.55. The van der Waals surface area contributed by atoms with Crippen molar-refractivity contribution in [2.75, 3.05) is 13.2 Å². The number of non-ortho nitro benzene ring substituents is 1. The zero-order valence-electron chi connectivity index (χ0n) is 17.1. The molecule has 0 aliphatic heterocycles. The summed E-state index contributed by atoms with van der Waals surface area (Å²) in [4.78, 5) is 48.9. The van der Waals surface area contributed by atoms with Gasteiger partial charge in [-0.15, -0.1) is 0 Å². The number of carbonyl (C=O) groups excluding carboxylic acids is 3. The second-order valence-corrected chi connectivity index (χ2v) is 6.61.